The lowest BCUT2D eigenvalue weighted by atomic mass is 10.2. The summed E-state index contributed by atoms with van der Waals surface area (Å²) in [6.07, 6.45) is 0. The van der Waals surface area contributed by atoms with Crippen LogP contribution in [0.15, 0.2) is 53.4 Å². The maximum atomic E-state index is 13.0. The molecule has 144 valence electrons. The molecule has 0 bridgehead atoms. The van der Waals surface area contributed by atoms with E-state index >= 15 is 0 Å². The predicted octanol–water partition coefficient (Wildman–Crippen LogP) is 2.26. The Hall–Kier alpha value is -2.71. The molecule has 8 heteroatoms. The molecular formula is C19H21NO6S. The standard InChI is InChI=1S/C19H21NO6S/c1-14(21)13-26-19(22)16-9-10-17(25-3)18(11-16)27(23,24)20(2)12-15-7-5-4-6-8-15/h4-11H,12-13H2,1-3H3. The summed E-state index contributed by atoms with van der Waals surface area (Å²) in [5, 5.41) is 0. The molecular weight excluding hydrogens is 370 g/mol. The normalized spacial score (nSPS) is 11.3. The molecule has 2 aromatic carbocycles. The van der Waals surface area contributed by atoms with Crippen LogP contribution in [0.3, 0.4) is 0 Å². The van der Waals surface area contributed by atoms with E-state index in [0.29, 0.717) is 0 Å². The van der Waals surface area contributed by atoms with E-state index in [1.807, 2.05) is 30.3 Å². The SMILES string of the molecule is COc1ccc(C(=O)OCC(C)=O)cc1S(=O)(=O)N(C)Cc1ccccc1. The van der Waals surface area contributed by atoms with Crippen LogP contribution in [0.4, 0.5) is 0 Å². The summed E-state index contributed by atoms with van der Waals surface area (Å²) in [7, 11) is -1.14. The predicted molar refractivity (Wildman–Crippen MR) is 99.1 cm³/mol. The number of Topliss-reactive ketones (excluding diaryl/α,β-unsaturated/α-hetero) is 1. The first-order valence-electron chi connectivity index (χ1n) is 8.10. The zero-order valence-electron chi connectivity index (χ0n) is 15.3. The van der Waals surface area contributed by atoms with Gasteiger partial charge in [-0.2, -0.15) is 4.31 Å². The van der Waals surface area contributed by atoms with Crippen LogP contribution in [0.5, 0.6) is 5.75 Å². The minimum absolute atomic E-state index is 0.0173. The Balaban J connectivity index is 2.34. The summed E-state index contributed by atoms with van der Waals surface area (Å²) in [6, 6.07) is 13.1. The first kappa shape index (κ1) is 20.6. The highest BCUT2D eigenvalue weighted by molar-refractivity contribution is 7.89. The van der Waals surface area contributed by atoms with Crippen LogP contribution in [0.2, 0.25) is 0 Å². The molecule has 0 aliphatic rings. The number of hydrogen-bond acceptors (Lipinski definition) is 6. The van der Waals surface area contributed by atoms with Gasteiger partial charge in [-0.05, 0) is 30.7 Å². The van der Waals surface area contributed by atoms with Crippen LogP contribution in [0.25, 0.3) is 0 Å². The molecule has 2 rings (SSSR count). The van der Waals surface area contributed by atoms with Crippen LogP contribution >= 0.6 is 0 Å². The van der Waals surface area contributed by atoms with Crippen LogP contribution in [0, 0.1) is 0 Å². The van der Waals surface area contributed by atoms with Gasteiger partial charge in [0, 0.05) is 13.6 Å². The Morgan fingerprint density at radius 3 is 2.33 bits per heavy atom. The van der Waals surface area contributed by atoms with E-state index < -0.39 is 16.0 Å². The topological polar surface area (TPSA) is 90.0 Å². The average Bonchev–Trinajstić information content (AvgIpc) is 2.66. The molecule has 0 N–H and O–H groups in total. The van der Waals surface area contributed by atoms with Crippen LogP contribution < -0.4 is 4.74 Å². The maximum Gasteiger partial charge on any atom is 0.338 e. The van der Waals surface area contributed by atoms with Crippen molar-refractivity contribution in [3.05, 3.63) is 59.7 Å². The van der Waals surface area contributed by atoms with Crippen molar-refractivity contribution in [1.82, 2.24) is 4.31 Å². The van der Waals surface area contributed by atoms with Gasteiger partial charge in [-0.15, -0.1) is 0 Å². The van der Waals surface area contributed by atoms with Crippen LogP contribution in [-0.2, 0) is 26.1 Å². The van der Waals surface area contributed by atoms with Crippen molar-refractivity contribution in [2.45, 2.75) is 18.4 Å². The molecule has 0 saturated heterocycles. The highest BCUT2D eigenvalue weighted by Crippen LogP contribution is 2.28. The van der Waals surface area contributed by atoms with Gasteiger partial charge in [-0.3, -0.25) is 4.79 Å². The molecule has 0 saturated carbocycles. The summed E-state index contributed by atoms with van der Waals surface area (Å²) >= 11 is 0. The molecule has 0 unspecified atom stereocenters. The van der Waals surface area contributed by atoms with Gasteiger partial charge in [-0.1, -0.05) is 30.3 Å². The number of ether oxygens (including phenoxy) is 2. The Morgan fingerprint density at radius 1 is 1.07 bits per heavy atom. The number of sulfonamides is 1. The van der Waals surface area contributed by atoms with Gasteiger partial charge in [-0.25, -0.2) is 13.2 Å². The number of nitrogens with zero attached hydrogens (tertiary/aromatic N) is 1. The smallest absolute Gasteiger partial charge is 0.338 e. The summed E-state index contributed by atoms with van der Waals surface area (Å²) in [6.45, 7) is 1.07. The first-order chi connectivity index (χ1) is 12.8. The van der Waals surface area contributed by atoms with Crippen molar-refractivity contribution in [2.75, 3.05) is 20.8 Å². The fourth-order valence-corrected chi connectivity index (χ4v) is 3.69. The number of carbonyl (C=O) groups is 2. The zero-order valence-corrected chi connectivity index (χ0v) is 16.2. The van der Waals surface area contributed by atoms with Gasteiger partial charge in [0.25, 0.3) is 0 Å². The number of hydrogen-bond donors (Lipinski definition) is 0. The molecule has 27 heavy (non-hydrogen) atoms. The number of methoxy groups -OCH3 is 1. The van der Waals surface area contributed by atoms with Crippen molar-refractivity contribution in [3.8, 4) is 5.75 Å². The van der Waals surface area contributed by atoms with Gasteiger partial charge in [0.05, 0.1) is 12.7 Å². The van der Waals surface area contributed by atoms with Crippen molar-refractivity contribution in [2.24, 2.45) is 0 Å². The zero-order chi connectivity index (χ0) is 20.0. The van der Waals surface area contributed by atoms with E-state index in [0.717, 1.165) is 5.56 Å². The second-order valence-corrected chi connectivity index (χ2v) is 7.90. The van der Waals surface area contributed by atoms with E-state index in [2.05, 4.69) is 0 Å². The molecule has 0 fully saturated rings. The summed E-state index contributed by atoms with van der Waals surface area (Å²) < 4.78 is 37.2. The minimum Gasteiger partial charge on any atom is -0.495 e. The second kappa shape index (κ2) is 8.79. The van der Waals surface area contributed by atoms with E-state index in [1.54, 1.807) is 0 Å². The largest absolute Gasteiger partial charge is 0.495 e. The molecule has 0 aliphatic carbocycles. The number of rotatable bonds is 8. The highest BCUT2D eigenvalue weighted by Gasteiger charge is 2.26. The first-order valence-corrected chi connectivity index (χ1v) is 9.54. The highest BCUT2D eigenvalue weighted by atomic mass is 32.2. The number of esters is 1. The third-order valence-corrected chi connectivity index (χ3v) is 5.57. The Morgan fingerprint density at radius 2 is 1.74 bits per heavy atom. The minimum atomic E-state index is -3.93. The fourth-order valence-electron chi connectivity index (χ4n) is 2.35. The third kappa shape index (κ3) is 5.15. The fraction of sp³-hybridized carbons (Fsp3) is 0.263. The quantitative estimate of drug-likeness (QED) is 0.641. The van der Waals surface area contributed by atoms with E-state index in [1.165, 1.54) is 43.6 Å². The third-order valence-electron chi connectivity index (χ3n) is 3.74. The Labute approximate surface area is 158 Å². The van der Waals surface area contributed by atoms with Gasteiger partial charge in [0.1, 0.15) is 17.3 Å². The Bertz CT molecular complexity index is 924. The van der Waals surface area contributed by atoms with E-state index in [9.17, 15) is 18.0 Å². The van der Waals surface area contributed by atoms with Gasteiger partial charge in [0.15, 0.2) is 5.78 Å². The van der Waals surface area contributed by atoms with Crippen molar-refractivity contribution in [1.29, 1.82) is 0 Å². The molecule has 7 nitrogen and oxygen atoms in total. The van der Waals surface area contributed by atoms with Gasteiger partial charge in [0.2, 0.25) is 10.0 Å². The van der Waals surface area contributed by atoms with Crippen molar-refractivity contribution >= 4 is 21.8 Å². The molecule has 0 atom stereocenters. The maximum absolute atomic E-state index is 13.0. The number of carbonyl (C=O) groups excluding carboxylic acids is 2. The summed E-state index contributed by atoms with van der Waals surface area (Å²) in [5.41, 5.74) is 0.836. The van der Waals surface area contributed by atoms with Crippen molar-refractivity contribution < 1.29 is 27.5 Å². The summed E-state index contributed by atoms with van der Waals surface area (Å²) in [5.74, 6) is -0.986. The number of benzene rings is 2. The van der Waals surface area contributed by atoms with E-state index in [-0.39, 0.29) is 35.1 Å². The number of ketones is 1. The second-order valence-electron chi connectivity index (χ2n) is 5.89. The average molecular weight is 391 g/mol. The lowest BCUT2D eigenvalue weighted by molar-refractivity contribution is -0.120. The van der Waals surface area contributed by atoms with Crippen LogP contribution in [0.1, 0.15) is 22.8 Å². The lowest BCUT2D eigenvalue weighted by Gasteiger charge is -2.19. The monoisotopic (exact) mass is 391 g/mol. The van der Waals surface area contributed by atoms with Gasteiger partial charge < -0.3 is 9.47 Å². The van der Waals surface area contributed by atoms with Crippen molar-refractivity contribution in [3.63, 3.8) is 0 Å². The van der Waals surface area contributed by atoms with Crippen LogP contribution in [-0.4, -0.2) is 45.2 Å². The lowest BCUT2D eigenvalue weighted by Crippen LogP contribution is -2.27. The van der Waals surface area contributed by atoms with E-state index in [4.69, 9.17) is 9.47 Å². The molecule has 0 aromatic heterocycles. The molecule has 0 heterocycles. The molecule has 2 aromatic rings. The molecule has 0 aliphatic heterocycles. The molecule has 0 spiro atoms. The Kier molecular flexibility index (Phi) is 6.70. The summed E-state index contributed by atoms with van der Waals surface area (Å²) in [4.78, 5) is 22.9. The molecule has 0 amide bonds. The van der Waals surface area contributed by atoms with Gasteiger partial charge >= 0.3 is 5.97 Å². The molecule has 0 radical (unpaired) electrons.